The van der Waals surface area contributed by atoms with E-state index in [1.54, 1.807) is 0 Å². The number of hydrogen-bond acceptors (Lipinski definition) is 3. The Morgan fingerprint density at radius 3 is 2.96 bits per heavy atom. The second-order valence-corrected chi connectivity index (χ2v) is 7.26. The molecule has 0 spiro atoms. The molecule has 1 fully saturated rings. The molecule has 1 aliphatic rings. The number of benzene rings is 2. The van der Waals surface area contributed by atoms with Crippen molar-refractivity contribution >= 4 is 27.9 Å². The summed E-state index contributed by atoms with van der Waals surface area (Å²) in [6, 6.07) is 15.6. The summed E-state index contributed by atoms with van der Waals surface area (Å²) in [4.78, 5) is 23.4. The fourth-order valence-electron chi connectivity index (χ4n) is 4.06. The number of amides is 1. The van der Waals surface area contributed by atoms with Crippen LogP contribution in [0.1, 0.15) is 47.2 Å². The van der Waals surface area contributed by atoms with E-state index in [0.29, 0.717) is 5.56 Å². The highest BCUT2D eigenvalue weighted by Crippen LogP contribution is 2.32. The number of aryl methyl sites for hydroxylation is 1. The van der Waals surface area contributed by atoms with Gasteiger partial charge in [-0.05, 0) is 62.6 Å². The molecule has 1 amide bonds. The number of nitrogens with one attached hydrogen (secondary N) is 1. The van der Waals surface area contributed by atoms with Gasteiger partial charge in [0, 0.05) is 17.5 Å². The molecule has 1 aliphatic heterocycles. The molecule has 27 heavy (non-hydrogen) atoms. The van der Waals surface area contributed by atoms with Crippen molar-refractivity contribution in [1.82, 2.24) is 14.9 Å². The largest absolute Gasteiger partial charge is 0.461 e. The Morgan fingerprint density at radius 1 is 1.19 bits per heavy atom. The zero-order valence-corrected chi connectivity index (χ0v) is 15.2. The van der Waals surface area contributed by atoms with Crippen LogP contribution in [0.5, 0.6) is 0 Å². The predicted molar refractivity (Wildman–Crippen MR) is 105 cm³/mol. The molecule has 136 valence electrons. The number of carbonyl (C=O) groups excluding carboxylic acids is 1. The Hall–Kier alpha value is -3.08. The zero-order valence-electron chi connectivity index (χ0n) is 15.2. The summed E-state index contributed by atoms with van der Waals surface area (Å²) >= 11 is 0. The van der Waals surface area contributed by atoms with E-state index in [4.69, 9.17) is 9.40 Å². The number of H-pyrrole nitrogens is 1. The number of rotatable bonds is 2. The van der Waals surface area contributed by atoms with Gasteiger partial charge in [0.05, 0.1) is 17.1 Å². The van der Waals surface area contributed by atoms with Gasteiger partial charge in [0.1, 0.15) is 17.2 Å². The molecule has 2 aromatic carbocycles. The molecular weight excluding hydrogens is 338 g/mol. The standard InChI is InChI=1S/C22H21N3O2/c1-14-12-16-13-15(9-10-20(16)27-14)22(26)25-11-5-4-8-19(25)21-23-17-6-2-3-7-18(17)24-21/h2-3,6-7,9-10,12-13,19H,4-5,8,11H2,1H3,(H,23,24)/t19-/m1/s1. The van der Waals surface area contributed by atoms with Gasteiger partial charge < -0.3 is 14.3 Å². The van der Waals surface area contributed by atoms with Crippen LogP contribution in [0, 0.1) is 6.92 Å². The topological polar surface area (TPSA) is 62.1 Å². The van der Waals surface area contributed by atoms with E-state index in [0.717, 1.165) is 59.4 Å². The molecule has 5 rings (SSSR count). The Labute approximate surface area is 157 Å². The van der Waals surface area contributed by atoms with E-state index in [1.807, 2.05) is 60.4 Å². The van der Waals surface area contributed by atoms with Crippen LogP contribution in [0.25, 0.3) is 22.0 Å². The van der Waals surface area contributed by atoms with Gasteiger partial charge in [-0.15, -0.1) is 0 Å². The van der Waals surface area contributed by atoms with Crippen molar-refractivity contribution in [3.8, 4) is 0 Å². The quantitative estimate of drug-likeness (QED) is 0.549. The van der Waals surface area contributed by atoms with Crippen LogP contribution in [0.2, 0.25) is 0 Å². The van der Waals surface area contributed by atoms with Crippen molar-refractivity contribution in [2.75, 3.05) is 6.54 Å². The SMILES string of the molecule is Cc1cc2cc(C(=O)N3CCCC[C@@H]3c3nc4ccccc4[nH]3)ccc2o1. The second-order valence-electron chi connectivity index (χ2n) is 7.26. The monoisotopic (exact) mass is 359 g/mol. The highest BCUT2D eigenvalue weighted by Gasteiger charge is 2.31. The van der Waals surface area contributed by atoms with Crippen LogP contribution in [-0.2, 0) is 0 Å². The lowest BCUT2D eigenvalue weighted by Gasteiger charge is -2.34. The van der Waals surface area contributed by atoms with Crippen molar-refractivity contribution in [3.05, 3.63) is 65.7 Å². The Balaban J connectivity index is 1.50. The second kappa shape index (κ2) is 6.27. The number of aromatic amines is 1. The molecule has 1 N–H and O–H groups in total. The maximum Gasteiger partial charge on any atom is 0.254 e. The van der Waals surface area contributed by atoms with E-state index in [1.165, 1.54) is 0 Å². The maximum absolute atomic E-state index is 13.3. The minimum atomic E-state index is -0.0135. The molecule has 0 bridgehead atoms. The van der Waals surface area contributed by atoms with Crippen LogP contribution in [0.15, 0.2) is 52.9 Å². The first-order valence-electron chi connectivity index (χ1n) is 9.45. The minimum absolute atomic E-state index is 0.0135. The average Bonchev–Trinajstić information content (AvgIpc) is 3.29. The fraction of sp³-hybridized carbons (Fsp3) is 0.273. The van der Waals surface area contributed by atoms with Crippen molar-refractivity contribution in [2.45, 2.75) is 32.2 Å². The molecule has 1 atom stereocenters. The number of carbonyl (C=O) groups is 1. The number of furan rings is 1. The average molecular weight is 359 g/mol. The van der Waals surface area contributed by atoms with Gasteiger partial charge in [-0.25, -0.2) is 4.98 Å². The van der Waals surface area contributed by atoms with Crippen molar-refractivity contribution in [3.63, 3.8) is 0 Å². The van der Waals surface area contributed by atoms with Crippen molar-refractivity contribution in [1.29, 1.82) is 0 Å². The summed E-state index contributed by atoms with van der Waals surface area (Å²) in [6.45, 7) is 2.67. The van der Waals surface area contributed by atoms with Gasteiger partial charge in [0.2, 0.25) is 0 Å². The van der Waals surface area contributed by atoms with Gasteiger partial charge in [0.25, 0.3) is 5.91 Å². The summed E-state index contributed by atoms with van der Waals surface area (Å²) < 4.78 is 5.63. The molecule has 5 nitrogen and oxygen atoms in total. The summed E-state index contributed by atoms with van der Waals surface area (Å²) in [6.07, 6.45) is 3.06. The molecule has 1 saturated heterocycles. The number of para-hydroxylation sites is 2. The van der Waals surface area contributed by atoms with Crippen LogP contribution >= 0.6 is 0 Å². The molecule has 0 unspecified atom stereocenters. The number of nitrogens with zero attached hydrogens (tertiary/aromatic N) is 2. The Bertz CT molecular complexity index is 1110. The van der Waals surface area contributed by atoms with Crippen LogP contribution in [0.4, 0.5) is 0 Å². The van der Waals surface area contributed by atoms with Gasteiger partial charge >= 0.3 is 0 Å². The summed E-state index contributed by atoms with van der Waals surface area (Å²) in [5.41, 5.74) is 3.48. The molecule has 2 aromatic heterocycles. The number of imidazole rings is 1. The van der Waals surface area contributed by atoms with Crippen molar-refractivity contribution in [2.24, 2.45) is 0 Å². The van der Waals surface area contributed by atoms with Gasteiger partial charge in [-0.3, -0.25) is 4.79 Å². The van der Waals surface area contributed by atoms with Gasteiger partial charge in [0.15, 0.2) is 0 Å². The first-order valence-corrected chi connectivity index (χ1v) is 9.45. The van der Waals surface area contributed by atoms with Crippen LogP contribution < -0.4 is 0 Å². The highest BCUT2D eigenvalue weighted by molar-refractivity contribution is 5.98. The maximum atomic E-state index is 13.3. The molecule has 5 heteroatoms. The predicted octanol–water partition coefficient (Wildman–Crippen LogP) is 4.98. The summed E-state index contributed by atoms with van der Waals surface area (Å²) in [7, 11) is 0. The Kier molecular flexibility index (Phi) is 3.74. The van der Waals surface area contributed by atoms with Gasteiger partial charge in [-0.2, -0.15) is 0 Å². The first kappa shape index (κ1) is 16.1. The third-order valence-electron chi connectivity index (χ3n) is 5.37. The molecule has 0 radical (unpaired) electrons. The van der Waals surface area contributed by atoms with Crippen LogP contribution in [-0.4, -0.2) is 27.3 Å². The molecule has 4 aromatic rings. The minimum Gasteiger partial charge on any atom is -0.461 e. The Morgan fingerprint density at radius 2 is 2.07 bits per heavy atom. The summed E-state index contributed by atoms with van der Waals surface area (Å²) in [5, 5.41) is 0.968. The number of piperidine rings is 1. The van der Waals surface area contributed by atoms with E-state index >= 15 is 0 Å². The van der Waals surface area contributed by atoms with E-state index < -0.39 is 0 Å². The number of aromatic nitrogens is 2. The van der Waals surface area contributed by atoms with Crippen molar-refractivity contribution < 1.29 is 9.21 Å². The number of likely N-dealkylation sites (tertiary alicyclic amines) is 1. The normalized spacial score (nSPS) is 17.7. The first-order chi connectivity index (χ1) is 13.2. The lowest BCUT2D eigenvalue weighted by Crippen LogP contribution is -2.39. The van der Waals surface area contributed by atoms with Gasteiger partial charge in [-0.1, -0.05) is 12.1 Å². The lowest BCUT2D eigenvalue weighted by molar-refractivity contribution is 0.0601. The fourth-order valence-corrected chi connectivity index (χ4v) is 4.06. The summed E-state index contributed by atoms with van der Waals surface area (Å²) in [5.74, 6) is 1.79. The highest BCUT2D eigenvalue weighted by atomic mass is 16.3. The molecule has 0 aliphatic carbocycles. The van der Waals surface area contributed by atoms with Crippen LogP contribution in [0.3, 0.4) is 0 Å². The van der Waals surface area contributed by atoms with E-state index in [9.17, 15) is 4.79 Å². The molecular formula is C22H21N3O2. The third-order valence-corrected chi connectivity index (χ3v) is 5.37. The number of hydrogen-bond donors (Lipinski definition) is 1. The molecule has 0 saturated carbocycles. The van der Waals surface area contributed by atoms with E-state index in [2.05, 4.69) is 4.98 Å². The lowest BCUT2D eigenvalue weighted by atomic mass is 10.00. The smallest absolute Gasteiger partial charge is 0.254 e. The zero-order chi connectivity index (χ0) is 18.4. The third kappa shape index (κ3) is 2.79. The molecule has 3 heterocycles. The number of fused-ring (bicyclic) bond motifs is 2. The van der Waals surface area contributed by atoms with E-state index in [-0.39, 0.29) is 11.9 Å².